The summed E-state index contributed by atoms with van der Waals surface area (Å²) >= 11 is -0.535. The van der Waals surface area contributed by atoms with E-state index < -0.39 is 0 Å². The zero-order valence-corrected chi connectivity index (χ0v) is 57.2. The summed E-state index contributed by atoms with van der Waals surface area (Å²) in [5, 5.41) is 2.52. The Labute approximate surface area is 589 Å². The van der Waals surface area contributed by atoms with Gasteiger partial charge >= 0.3 is 594 Å². The van der Waals surface area contributed by atoms with Crippen molar-refractivity contribution < 1.29 is 0 Å². The van der Waals surface area contributed by atoms with Crippen molar-refractivity contribution in [1.29, 1.82) is 0 Å². The molecule has 16 aromatic rings. The normalized spacial score (nSPS) is 12.9. The van der Waals surface area contributed by atoms with Gasteiger partial charge in [-0.2, -0.15) is 0 Å². The minimum absolute atomic E-state index is 0.120. The molecule has 462 valence electrons. The van der Waals surface area contributed by atoms with Crippen LogP contribution in [0.2, 0.25) is 0 Å². The van der Waals surface area contributed by atoms with E-state index in [0.717, 1.165) is 45.5 Å². The topological polar surface area (TPSA) is 17.9 Å². The summed E-state index contributed by atoms with van der Waals surface area (Å²) in [6, 6.07) is 134. The van der Waals surface area contributed by atoms with Gasteiger partial charge in [0.05, 0.1) is 0 Å². The summed E-state index contributed by atoms with van der Waals surface area (Å²) in [6.07, 6.45) is 0. The molecule has 0 unspecified atom stereocenters. The van der Waals surface area contributed by atoms with Crippen molar-refractivity contribution in [3.63, 3.8) is 0 Å². The molecule has 4 aliphatic heterocycles. The molecule has 4 aliphatic rings. The molecule has 15 aromatic carbocycles. The first-order chi connectivity index (χ1) is 49.2. The average Bonchev–Trinajstić information content (AvgIpc) is 1.68. The number of anilines is 12. The fraction of sp³-hybridized carbons (Fsp3) is 0. The number of benzene rings is 15. The summed E-state index contributed by atoms with van der Waals surface area (Å²) in [5.74, 6) is 0. The van der Waals surface area contributed by atoms with Crippen LogP contribution in [0.1, 0.15) is 0 Å². The van der Waals surface area contributed by atoms with Gasteiger partial charge in [0.2, 0.25) is 0 Å². The quantitative estimate of drug-likeness (QED) is 0.120. The fourth-order valence-corrected chi connectivity index (χ4v) is 22.2. The fourth-order valence-electron chi connectivity index (χ4n) is 16.4. The predicted octanol–water partition coefficient (Wildman–Crippen LogP) is 15.6. The van der Waals surface area contributed by atoms with Crippen LogP contribution in [-0.2, 0) is 0 Å². The first-order valence-electron chi connectivity index (χ1n) is 34.0. The molecule has 9 heteroatoms. The van der Waals surface area contributed by atoms with Crippen LogP contribution < -0.4 is 70.2 Å². The Morgan fingerprint density at radius 1 is 0.263 bits per heavy atom. The zero-order chi connectivity index (χ0) is 65.1. The molecule has 0 saturated heterocycles. The zero-order valence-electron chi connectivity index (χ0n) is 53.8. The second-order valence-corrected chi connectivity index (χ2v) is 30.2. The van der Waals surface area contributed by atoms with E-state index in [4.69, 9.17) is 0 Å². The van der Waals surface area contributed by atoms with E-state index in [-0.39, 0.29) is 43.3 Å². The van der Waals surface area contributed by atoms with Gasteiger partial charge in [-0.15, -0.1) is 0 Å². The molecule has 0 fully saturated rings. The van der Waals surface area contributed by atoms with E-state index in [1.165, 1.54) is 123 Å². The van der Waals surface area contributed by atoms with E-state index >= 15 is 0 Å². The Balaban J connectivity index is 0.944. The molecule has 0 bridgehead atoms. The van der Waals surface area contributed by atoms with Crippen LogP contribution in [0, 0.1) is 0 Å². The second kappa shape index (κ2) is 23.6. The average molecular weight is 1390 g/mol. The Morgan fingerprint density at radius 3 is 0.970 bits per heavy atom. The number of hydrogen-bond donors (Lipinski definition) is 0. The number of hydrogen-bond acceptors (Lipinski definition) is 4. The molecule has 0 amide bonds. The van der Waals surface area contributed by atoms with Gasteiger partial charge in [-0.05, 0) is 0 Å². The van der Waals surface area contributed by atoms with Crippen molar-refractivity contribution in [2.45, 2.75) is 0 Å². The van der Waals surface area contributed by atoms with Crippen molar-refractivity contribution >= 4 is 184 Å². The number of para-hydroxylation sites is 8. The Morgan fingerprint density at radius 2 is 0.596 bits per heavy atom. The molecule has 0 radical (unpaired) electrons. The van der Waals surface area contributed by atoms with Gasteiger partial charge in [0, 0.05) is 0 Å². The van der Waals surface area contributed by atoms with Crippen molar-refractivity contribution in [3.8, 4) is 27.9 Å². The van der Waals surface area contributed by atoms with E-state index in [0.29, 0.717) is 0 Å². The van der Waals surface area contributed by atoms with Gasteiger partial charge in [0.15, 0.2) is 0 Å². The molecule has 5 heterocycles. The second-order valence-electron chi connectivity index (χ2n) is 25.8. The van der Waals surface area contributed by atoms with Crippen LogP contribution in [0.4, 0.5) is 68.2 Å². The SMILES string of the molecule is c1ccc(-c2cccc3c2c2c(-c4ccccc4)cccc2n3-c2c3c(cc4c2[Se]c2cc(N(c5ccccc5)c5ccccc5)cc5c2B4c2ccccc2N5c2ccccc2)B2c4ccccc4N(c4ccccc4)c4cc(N(c5ccccc5)c5ccccc5)cc(c42)[Se]3)cc1. The number of rotatable bonds is 11. The molecule has 1 aromatic heterocycles. The Hall–Kier alpha value is -11.5. The molecule has 0 aliphatic carbocycles. The summed E-state index contributed by atoms with van der Waals surface area (Å²) in [6.45, 7) is -0.240. The van der Waals surface area contributed by atoms with Crippen molar-refractivity contribution in [1.82, 2.24) is 4.57 Å². The van der Waals surface area contributed by atoms with Crippen LogP contribution in [0.3, 0.4) is 0 Å². The van der Waals surface area contributed by atoms with Crippen molar-refractivity contribution in [2.75, 3.05) is 19.6 Å². The molecule has 5 nitrogen and oxygen atoms in total. The molecule has 0 saturated carbocycles. The molecular weight excluding hydrogens is 1330 g/mol. The van der Waals surface area contributed by atoms with Gasteiger partial charge in [-0.3, -0.25) is 0 Å². The van der Waals surface area contributed by atoms with Crippen LogP contribution in [0.15, 0.2) is 358 Å². The third kappa shape index (κ3) is 9.23. The van der Waals surface area contributed by atoms with E-state index in [1.807, 2.05) is 0 Å². The number of fused-ring (bicyclic) bond motifs is 11. The maximum atomic E-state index is 2.78. The number of nitrogens with zero attached hydrogens (tertiary/aromatic N) is 5. The molecule has 20 rings (SSSR count). The van der Waals surface area contributed by atoms with Gasteiger partial charge in [-0.1, -0.05) is 0 Å². The van der Waals surface area contributed by atoms with E-state index in [9.17, 15) is 0 Å². The first-order valence-corrected chi connectivity index (χ1v) is 37.4. The predicted molar refractivity (Wildman–Crippen MR) is 423 cm³/mol. The van der Waals surface area contributed by atoms with Crippen LogP contribution in [0.5, 0.6) is 0 Å². The van der Waals surface area contributed by atoms with E-state index in [2.05, 4.69) is 382 Å². The molecule has 99 heavy (non-hydrogen) atoms. The minimum atomic E-state index is -0.268. The standard InChI is InChI=1S/C90H59B2N5Se2/c1-9-31-60(32-10-1)70-47-29-53-78-84(70)85-71(61-33-11-2-12-34-61)48-30-54-79(85)97(78)88-89-74(91-72-49-25-27-51-76(72)95(66-43-21-7-22-44-66)80-55-68(57-82(98-89)86(80)91)93(62-35-13-3-14-36-62)63-37-15-4-16-38-63)59-75-90(88)99-83-58-69(94(64-39-17-5-18-40-64)65-41-19-6-20-42-65)56-81-87(83)92(75)73-50-26-28-52-77(73)96(81)67-45-23-8-24-46-67/h1-59H. The summed E-state index contributed by atoms with van der Waals surface area (Å²) < 4.78 is 8.40. The molecule has 0 spiro atoms. The molecule has 0 atom stereocenters. The van der Waals surface area contributed by atoms with Crippen LogP contribution in [-0.4, -0.2) is 47.9 Å². The van der Waals surface area contributed by atoms with Crippen molar-refractivity contribution in [2.24, 2.45) is 0 Å². The van der Waals surface area contributed by atoms with Gasteiger partial charge in [0.25, 0.3) is 0 Å². The summed E-state index contributed by atoms with van der Waals surface area (Å²) in [4.78, 5) is 10.1. The summed E-state index contributed by atoms with van der Waals surface area (Å²) in [5.41, 5.74) is 30.5. The number of aromatic nitrogens is 1. The van der Waals surface area contributed by atoms with Gasteiger partial charge in [0.1, 0.15) is 0 Å². The third-order valence-corrected chi connectivity index (χ3v) is 25.4. The van der Waals surface area contributed by atoms with Crippen LogP contribution in [0.25, 0.3) is 49.7 Å². The van der Waals surface area contributed by atoms with Gasteiger partial charge in [-0.25, -0.2) is 0 Å². The third-order valence-electron chi connectivity index (χ3n) is 20.4. The molecule has 0 N–H and O–H groups in total. The van der Waals surface area contributed by atoms with Crippen LogP contribution >= 0.6 is 0 Å². The monoisotopic (exact) mass is 1390 g/mol. The Bertz CT molecular complexity index is 5390. The maximum absolute atomic E-state index is 2.78. The first kappa shape index (κ1) is 57.7. The molecular formula is C90H59B2N5Se2. The van der Waals surface area contributed by atoms with Gasteiger partial charge < -0.3 is 0 Å². The van der Waals surface area contributed by atoms with E-state index in [1.54, 1.807) is 0 Å². The van der Waals surface area contributed by atoms with Crippen molar-refractivity contribution in [3.05, 3.63) is 358 Å². The summed E-state index contributed by atoms with van der Waals surface area (Å²) in [7, 11) is 0. The Kier molecular flexibility index (Phi) is 13.8.